The Morgan fingerprint density at radius 3 is 2.50 bits per heavy atom. The Balaban J connectivity index is 2.13. The summed E-state index contributed by atoms with van der Waals surface area (Å²) in [6.45, 7) is 0. The summed E-state index contributed by atoms with van der Waals surface area (Å²) in [7, 11) is 0. The topological polar surface area (TPSA) is 63.0 Å². The van der Waals surface area contributed by atoms with Gasteiger partial charge in [-0.05, 0) is 48.5 Å². The second-order valence-corrected chi connectivity index (χ2v) is 4.10. The Morgan fingerprint density at radius 1 is 1.00 bits per heavy atom. The van der Waals surface area contributed by atoms with Crippen LogP contribution >= 0.6 is 0 Å². The molecule has 3 nitrogen and oxygen atoms in total. The number of benzene rings is 2. The number of anilines is 1. The van der Waals surface area contributed by atoms with Crippen molar-refractivity contribution in [2.75, 3.05) is 5.73 Å². The van der Waals surface area contributed by atoms with E-state index in [-0.39, 0.29) is 0 Å². The molecule has 0 saturated carbocycles. The largest absolute Gasteiger partial charge is 0.456 e. The monoisotopic (exact) mass is 234 g/mol. The molecule has 0 saturated heterocycles. The second-order valence-electron chi connectivity index (χ2n) is 4.10. The molecule has 0 bridgehead atoms. The Labute approximate surface area is 104 Å². The van der Waals surface area contributed by atoms with Crippen molar-refractivity contribution in [2.24, 2.45) is 0 Å². The van der Waals surface area contributed by atoms with Crippen molar-refractivity contribution in [3.05, 3.63) is 54.1 Å². The zero-order chi connectivity index (χ0) is 12.5. The van der Waals surface area contributed by atoms with E-state index in [1.54, 1.807) is 6.07 Å². The van der Waals surface area contributed by atoms with Gasteiger partial charge in [0.2, 0.25) is 0 Å². The maximum absolute atomic E-state index is 8.86. The first-order valence-corrected chi connectivity index (χ1v) is 5.56. The van der Waals surface area contributed by atoms with E-state index in [0.29, 0.717) is 5.56 Å². The van der Waals surface area contributed by atoms with Crippen LogP contribution in [0.1, 0.15) is 5.56 Å². The first-order chi connectivity index (χ1) is 8.76. The van der Waals surface area contributed by atoms with Gasteiger partial charge in [0.15, 0.2) is 0 Å². The first-order valence-electron chi connectivity index (χ1n) is 5.56. The molecule has 0 aliphatic carbocycles. The third-order valence-electron chi connectivity index (χ3n) is 2.84. The highest BCUT2D eigenvalue weighted by atomic mass is 16.3. The van der Waals surface area contributed by atoms with Gasteiger partial charge in [-0.2, -0.15) is 5.26 Å². The Kier molecular flexibility index (Phi) is 2.28. The van der Waals surface area contributed by atoms with Gasteiger partial charge in [0.25, 0.3) is 0 Å². The number of nitrogen functional groups attached to an aromatic ring is 1. The molecule has 1 heterocycles. The van der Waals surface area contributed by atoms with Crippen LogP contribution in [0, 0.1) is 11.3 Å². The smallest absolute Gasteiger partial charge is 0.135 e. The van der Waals surface area contributed by atoms with Gasteiger partial charge in [-0.3, -0.25) is 0 Å². The molecule has 2 N–H and O–H groups in total. The average Bonchev–Trinajstić information content (AvgIpc) is 2.82. The number of furan rings is 1. The van der Waals surface area contributed by atoms with Crippen LogP contribution in [0.4, 0.5) is 5.69 Å². The van der Waals surface area contributed by atoms with Crippen molar-refractivity contribution < 1.29 is 4.42 Å². The fraction of sp³-hybridized carbons (Fsp3) is 0. The van der Waals surface area contributed by atoms with Crippen LogP contribution in [0.2, 0.25) is 0 Å². The summed E-state index contributed by atoms with van der Waals surface area (Å²) in [4.78, 5) is 0. The Hall–Kier alpha value is -2.73. The fourth-order valence-electron chi connectivity index (χ4n) is 1.90. The van der Waals surface area contributed by atoms with Crippen molar-refractivity contribution in [1.29, 1.82) is 5.26 Å². The summed E-state index contributed by atoms with van der Waals surface area (Å²) in [6.07, 6.45) is 0. The summed E-state index contributed by atoms with van der Waals surface area (Å²) in [5, 5.41) is 9.79. The van der Waals surface area contributed by atoms with Gasteiger partial charge in [0.05, 0.1) is 11.6 Å². The van der Waals surface area contributed by atoms with Crippen molar-refractivity contribution in [3.63, 3.8) is 0 Å². The van der Waals surface area contributed by atoms with E-state index in [4.69, 9.17) is 15.4 Å². The molecule has 0 amide bonds. The van der Waals surface area contributed by atoms with Gasteiger partial charge >= 0.3 is 0 Å². The number of nitrogens with two attached hydrogens (primary N) is 1. The van der Waals surface area contributed by atoms with Crippen LogP contribution < -0.4 is 5.73 Å². The van der Waals surface area contributed by atoms with E-state index in [0.717, 1.165) is 28.0 Å². The second kappa shape index (κ2) is 3.94. The summed E-state index contributed by atoms with van der Waals surface area (Å²) in [6, 6.07) is 16.9. The minimum Gasteiger partial charge on any atom is -0.456 e. The highest BCUT2D eigenvalue weighted by molar-refractivity contribution is 5.84. The van der Waals surface area contributed by atoms with Crippen molar-refractivity contribution in [1.82, 2.24) is 0 Å². The third-order valence-corrected chi connectivity index (χ3v) is 2.84. The van der Waals surface area contributed by atoms with Gasteiger partial charge in [0.1, 0.15) is 11.3 Å². The molecule has 86 valence electrons. The van der Waals surface area contributed by atoms with Crippen LogP contribution in [0.15, 0.2) is 52.9 Å². The molecule has 1 aromatic heterocycles. The van der Waals surface area contributed by atoms with Crippen LogP contribution in [0.5, 0.6) is 0 Å². The van der Waals surface area contributed by atoms with Crippen molar-refractivity contribution >= 4 is 16.7 Å². The van der Waals surface area contributed by atoms with Crippen LogP contribution in [0.3, 0.4) is 0 Å². The molecule has 0 aliphatic rings. The van der Waals surface area contributed by atoms with Gasteiger partial charge in [-0.25, -0.2) is 0 Å². The molecule has 3 heteroatoms. The predicted octanol–water partition coefficient (Wildman–Crippen LogP) is 3.55. The van der Waals surface area contributed by atoms with E-state index in [2.05, 4.69) is 6.07 Å². The molecule has 0 radical (unpaired) electrons. The maximum atomic E-state index is 8.86. The lowest BCUT2D eigenvalue weighted by Crippen LogP contribution is -1.82. The number of rotatable bonds is 1. The zero-order valence-electron chi connectivity index (χ0n) is 9.55. The molecule has 3 rings (SSSR count). The predicted molar refractivity (Wildman–Crippen MR) is 70.8 cm³/mol. The summed E-state index contributed by atoms with van der Waals surface area (Å²) < 4.78 is 5.74. The van der Waals surface area contributed by atoms with E-state index in [9.17, 15) is 0 Å². The van der Waals surface area contributed by atoms with Crippen LogP contribution in [-0.2, 0) is 0 Å². The standard InChI is InChI=1S/C15H10N2O/c16-9-10-1-6-14-12(7-10)8-15(18-14)11-2-4-13(17)5-3-11/h1-8H,17H2. The summed E-state index contributed by atoms with van der Waals surface area (Å²) in [5.74, 6) is 0.778. The Morgan fingerprint density at radius 2 is 1.78 bits per heavy atom. The van der Waals surface area contributed by atoms with Gasteiger partial charge in [0, 0.05) is 16.6 Å². The molecule has 2 aromatic carbocycles. The lowest BCUT2D eigenvalue weighted by atomic mass is 10.1. The number of fused-ring (bicyclic) bond motifs is 1. The van der Waals surface area contributed by atoms with E-state index >= 15 is 0 Å². The van der Waals surface area contributed by atoms with E-state index < -0.39 is 0 Å². The number of hydrogen-bond acceptors (Lipinski definition) is 3. The molecule has 0 unspecified atom stereocenters. The molecular weight excluding hydrogens is 224 g/mol. The lowest BCUT2D eigenvalue weighted by molar-refractivity contribution is 0.631. The summed E-state index contributed by atoms with van der Waals surface area (Å²) in [5.41, 5.74) is 8.76. The molecule has 3 aromatic rings. The van der Waals surface area contributed by atoms with Crippen LogP contribution in [-0.4, -0.2) is 0 Å². The maximum Gasteiger partial charge on any atom is 0.135 e. The molecule has 0 atom stereocenters. The highest BCUT2D eigenvalue weighted by Gasteiger charge is 2.06. The van der Waals surface area contributed by atoms with E-state index in [1.807, 2.05) is 42.5 Å². The molecule has 0 fully saturated rings. The fourth-order valence-corrected chi connectivity index (χ4v) is 1.90. The number of nitrogens with zero attached hydrogens (tertiary/aromatic N) is 1. The Bertz CT molecular complexity index is 748. The normalized spacial score (nSPS) is 10.4. The van der Waals surface area contributed by atoms with Crippen molar-refractivity contribution in [3.8, 4) is 17.4 Å². The van der Waals surface area contributed by atoms with Gasteiger partial charge < -0.3 is 10.2 Å². The molecule has 0 aliphatic heterocycles. The third kappa shape index (κ3) is 1.70. The quantitative estimate of drug-likeness (QED) is 0.655. The van der Waals surface area contributed by atoms with Gasteiger partial charge in [-0.15, -0.1) is 0 Å². The number of nitriles is 1. The molecule has 0 spiro atoms. The van der Waals surface area contributed by atoms with E-state index in [1.165, 1.54) is 0 Å². The average molecular weight is 234 g/mol. The van der Waals surface area contributed by atoms with Crippen LogP contribution in [0.25, 0.3) is 22.3 Å². The van der Waals surface area contributed by atoms with Crippen molar-refractivity contribution in [2.45, 2.75) is 0 Å². The zero-order valence-corrected chi connectivity index (χ0v) is 9.55. The first kappa shape index (κ1) is 10.4. The lowest BCUT2D eigenvalue weighted by Gasteiger charge is -1.96. The number of hydrogen-bond donors (Lipinski definition) is 1. The molecule has 18 heavy (non-hydrogen) atoms. The summed E-state index contributed by atoms with van der Waals surface area (Å²) >= 11 is 0. The SMILES string of the molecule is N#Cc1ccc2oc(-c3ccc(N)cc3)cc2c1. The minimum atomic E-state index is 0.632. The molecular formula is C15H10N2O. The van der Waals surface area contributed by atoms with Gasteiger partial charge in [-0.1, -0.05) is 0 Å². The highest BCUT2D eigenvalue weighted by Crippen LogP contribution is 2.28. The minimum absolute atomic E-state index is 0.632.